The zero-order valence-corrected chi connectivity index (χ0v) is 13.8. The number of ether oxygens (including phenoxy) is 1. The van der Waals surface area contributed by atoms with Crippen LogP contribution in [-0.2, 0) is 11.8 Å². The topological polar surface area (TPSA) is 116 Å². The lowest BCUT2D eigenvalue weighted by molar-refractivity contribution is -0.143. The predicted octanol–water partition coefficient (Wildman–Crippen LogP) is 1.79. The van der Waals surface area contributed by atoms with E-state index in [2.05, 4.69) is 15.3 Å². The summed E-state index contributed by atoms with van der Waals surface area (Å²) in [6.07, 6.45) is 2.89. The number of aliphatic carboxylic acids is 1. The van der Waals surface area contributed by atoms with E-state index >= 15 is 0 Å². The van der Waals surface area contributed by atoms with Gasteiger partial charge in [0.2, 0.25) is 0 Å². The third-order valence-electron chi connectivity index (χ3n) is 4.42. The van der Waals surface area contributed by atoms with Gasteiger partial charge in [-0.1, -0.05) is 5.21 Å². The molecule has 8 heteroatoms. The van der Waals surface area contributed by atoms with Crippen LogP contribution in [0.15, 0.2) is 12.1 Å². The summed E-state index contributed by atoms with van der Waals surface area (Å²) in [6.45, 7) is 1.85. The first kappa shape index (κ1) is 16.2. The minimum atomic E-state index is -0.744. The first-order chi connectivity index (χ1) is 11.5. The van der Waals surface area contributed by atoms with Crippen molar-refractivity contribution in [3.63, 3.8) is 0 Å². The Morgan fingerprint density at radius 3 is 2.83 bits per heavy atom. The van der Waals surface area contributed by atoms with E-state index in [0.29, 0.717) is 29.4 Å². The van der Waals surface area contributed by atoms with Gasteiger partial charge in [0.15, 0.2) is 11.5 Å². The lowest BCUT2D eigenvalue weighted by atomic mass is 9.87. The Bertz CT molecular complexity index is 758. The second-order valence-electron chi connectivity index (χ2n) is 6.17. The summed E-state index contributed by atoms with van der Waals surface area (Å²) in [6, 6.07) is 3.62. The summed E-state index contributed by atoms with van der Waals surface area (Å²) >= 11 is 0. The molecule has 2 aromatic rings. The highest BCUT2D eigenvalue weighted by molar-refractivity contribution is 5.70. The fourth-order valence-electron chi connectivity index (χ4n) is 3.01. The molecule has 0 bridgehead atoms. The van der Waals surface area contributed by atoms with Gasteiger partial charge in [-0.2, -0.15) is 0 Å². The molecule has 2 atom stereocenters. The number of anilines is 1. The van der Waals surface area contributed by atoms with Crippen LogP contribution in [0.5, 0.6) is 5.75 Å². The van der Waals surface area contributed by atoms with E-state index in [1.807, 2.05) is 13.0 Å². The van der Waals surface area contributed by atoms with Crippen LogP contribution < -0.4 is 10.5 Å². The molecule has 0 saturated heterocycles. The molecule has 24 heavy (non-hydrogen) atoms. The number of carboxylic acids is 1. The lowest BCUT2D eigenvalue weighted by Gasteiger charge is -2.27. The SMILES string of the molecule is Cc1nc(-c2nnn(C)c2N)ccc1OC1CCC[C@H](C(=O)O)C1. The molecule has 8 nitrogen and oxygen atoms in total. The molecule has 128 valence electrons. The molecule has 2 aromatic heterocycles. The number of nitrogens with zero attached hydrogens (tertiary/aromatic N) is 4. The molecule has 0 spiro atoms. The van der Waals surface area contributed by atoms with Crippen molar-refractivity contribution >= 4 is 11.8 Å². The number of pyridine rings is 1. The van der Waals surface area contributed by atoms with Gasteiger partial charge in [-0.05, 0) is 44.7 Å². The highest BCUT2D eigenvalue weighted by atomic mass is 16.5. The summed E-state index contributed by atoms with van der Waals surface area (Å²) in [4.78, 5) is 15.7. The Kier molecular flexibility index (Phi) is 4.37. The van der Waals surface area contributed by atoms with Gasteiger partial charge in [-0.25, -0.2) is 9.67 Å². The molecular weight excluding hydrogens is 310 g/mol. The second kappa shape index (κ2) is 6.46. The van der Waals surface area contributed by atoms with Gasteiger partial charge in [0, 0.05) is 7.05 Å². The number of hydrogen-bond acceptors (Lipinski definition) is 6. The van der Waals surface area contributed by atoms with Crippen LogP contribution in [0.3, 0.4) is 0 Å². The molecule has 3 N–H and O–H groups in total. The van der Waals surface area contributed by atoms with Crippen molar-refractivity contribution < 1.29 is 14.6 Å². The predicted molar refractivity (Wildman–Crippen MR) is 87.4 cm³/mol. The van der Waals surface area contributed by atoms with E-state index in [-0.39, 0.29) is 12.0 Å². The molecule has 0 aliphatic heterocycles. The molecule has 0 radical (unpaired) electrons. The van der Waals surface area contributed by atoms with Gasteiger partial charge in [0.1, 0.15) is 5.75 Å². The van der Waals surface area contributed by atoms with Crippen molar-refractivity contribution in [1.82, 2.24) is 20.0 Å². The lowest BCUT2D eigenvalue weighted by Crippen LogP contribution is -2.29. The van der Waals surface area contributed by atoms with Crippen molar-refractivity contribution in [1.29, 1.82) is 0 Å². The Morgan fingerprint density at radius 1 is 1.42 bits per heavy atom. The monoisotopic (exact) mass is 331 g/mol. The molecule has 1 saturated carbocycles. The van der Waals surface area contributed by atoms with Gasteiger partial charge in [-0.15, -0.1) is 5.10 Å². The average Bonchev–Trinajstić information content (AvgIpc) is 2.89. The third kappa shape index (κ3) is 3.17. The number of rotatable bonds is 4. The summed E-state index contributed by atoms with van der Waals surface area (Å²) < 4.78 is 7.49. The van der Waals surface area contributed by atoms with E-state index in [0.717, 1.165) is 25.0 Å². The summed E-state index contributed by atoms with van der Waals surface area (Å²) in [5.74, 6) is 0.0479. The van der Waals surface area contributed by atoms with Crippen LogP contribution in [0.4, 0.5) is 5.82 Å². The van der Waals surface area contributed by atoms with Crippen LogP contribution in [0.1, 0.15) is 31.4 Å². The number of nitrogens with two attached hydrogens (primary N) is 1. The minimum absolute atomic E-state index is 0.0900. The first-order valence-corrected chi connectivity index (χ1v) is 7.98. The van der Waals surface area contributed by atoms with Crippen LogP contribution in [0, 0.1) is 12.8 Å². The Balaban J connectivity index is 1.76. The fourth-order valence-corrected chi connectivity index (χ4v) is 3.01. The summed E-state index contributed by atoms with van der Waals surface area (Å²) in [5.41, 5.74) is 7.82. The van der Waals surface area contributed by atoms with Crippen LogP contribution >= 0.6 is 0 Å². The quantitative estimate of drug-likeness (QED) is 0.877. The molecule has 1 aliphatic rings. The number of nitrogen functional groups attached to an aromatic ring is 1. The van der Waals surface area contributed by atoms with E-state index in [4.69, 9.17) is 10.5 Å². The Hall–Kier alpha value is -2.64. The van der Waals surface area contributed by atoms with Crippen LogP contribution in [0.25, 0.3) is 11.4 Å². The standard InChI is InChI=1S/C16H21N5O3/c1-9-13(24-11-5-3-4-10(8-11)16(22)23)7-6-12(18-9)14-15(17)21(2)20-19-14/h6-7,10-11H,3-5,8,17H2,1-2H3,(H,22,23)/t10-,11?/m0/s1. The van der Waals surface area contributed by atoms with E-state index < -0.39 is 5.97 Å². The molecule has 3 rings (SSSR count). The van der Waals surface area contributed by atoms with Crippen LogP contribution in [0.2, 0.25) is 0 Å². The van der Waals surface area contributed by atoms with Gasteiger partial charge >= 0.3 is 5.97 Å². The average molecular weight is 331 g/mol. The van der Waals surface area contributed by atoms with Crippen molar-refractivity contribution in [2.24, 2.45) is 13.0 Å². The van der Waals surface area contributed by atoms with Gasteiger partial charge < -0.3 is 15.6 Å². The molecule has 1 aliphatic carbocycles. The van der Waals surface area contributed by atoms with E-state index in [9.17, 15) is 9.90 Å². The molecule has 0 amide bonds. The highest BCUT2D eigenvalue weighted by Gasteiger charge is 2.28. The van der Waals surface area contributed by atoms with Gasteiger partial charge in [-0.3, -0.25) is 4.79 Å². The zero-order chi connectivity index (χ0) is 17.3. The number of aromatic nitrogens is 4. The van der Waals surface area contributed by atoms with Gasteiger partial charge in [0.25, 0.3) is 0 Å². The molecular formula is C16H21N5O3. The van der Waals surface area contributed by atoms with Crippen molar-refractivity contribution in [3.8, 4) is 17.1 Å². The van der Waals surface area contributed by atoms with E-state index in [1.54, 1.807) is 13.1 Å². The molecule has 0 aromatic carbocycles. The second-order valence-corrected chi connectivity index (χ2v) is 6.17. The summed E-state index contributed by atoms with van der Waals surface area (Å²) in [7, 11) is 1.72. The Morgan fingerprint density at radius 2 is 2.21 bits per heavy atom. The number of hydrogen-bond donors (Lipinski definition) is 2. The fraction of sp³-hybridized carbons (Fsp3) is 0.500. The maximum atomic E-state index is 11.2. The third-order valence-corrected chi connectivity index (χ3v) is 4.42. The number of aryl methyl sites for hydroxylation is 2. The normalized spacial score (nSPS) is 20.8. The van der Waals surface area contributed by atoms with Crippen LogP contribution in [-0.4, -0.2) is 37.2 Å². The minimum Gasteiger partial charge on any atom is -0.489 e. The zero-order valence-electron chi connectivity index (χ0n) is 13.8. The first-order valence-electron chi connectivity index (χ1n) is 7.98. The number of carbonyl (C=O) groups is 1. The van der Waals surface area contributed by atoms with E-state index in [1.165, 1.54) is 4.68 Å². The van der Waals surface area contributed by atoms with Crippen molar-refractivity contribution in [3.05, 3.63) is 17.8 Å². The highest BCUT2D eigenvalue weighted by Crippen LogP contribution is 2.30. The molecule has 1 unspecified atom stereocenters. The maximum Gasteiger partial charge on any atom is 0.306 e. The van der Waals surface area contributed by atoms with Gasteiger partial charge in [0.05, 0.1) is 23.4 Å². The Labute approximate surface area is 139 Å². The maximum absolute atomic E-state index is 11.2. The largest absolute Gasteiger partial charge is 0.489 e. The smallest absolute Gasteiger partial charge is 0.306 e. The molecule has 2 heterocycles. The van der Waals surface area contributed by atoms with Crippen molar-refractivity contribution in [2.45, 2.75) is 38.7 Å². The van der Waals surface area contributed by atoms with Crippen molar-refractivity contribution in [2.75, 3.05) is 5.73 Å². The molecule has 1 fully saturated rings. The number of carboxylic acid groups (broad SMARTS) is 1. The summed E-state index contributed by atoms with van der Waals surface area (Å²) in [5, 5.41) is 17.1.